The number of carbonyl (C=O) groups is 1. The second-order valence-electron chi connectivity index (χ2n) is 6.30. The zero-order valence-electron chi connectivity index (χ0n) is 14.2. The molecule has 5 heteroatoms. The third-order valence-corrected chi connectivity index (χ3v) is 4.49. The van der Waals surface area contributed by atoms with Crippen molar-refractivity contribution in [1.29, 1.82) is 0 Å². The fourth-order valence-electron chi connectivity index (χ4n) is 3.11. The molecule has 1 aromatic heterocycles. The number of rotatable bonds is 1. The number of benzene rings is 3. The number of nitrogens with zero attached hydrogens (tertiary/aromatic N) is 2. The zero-order valence-corrected chi connectivity index (χ0v) is 14.2. The van der Waals surface area contributed by atoms with Crippen LogP contribution in [0.4, 0.5) is 5.69 Å². The number of hydrogen-bond acceptors (Lipinski definition) is 4. The summed E-state index contributed by atoms with van der Waals surface area (Å²) in [6.45, 7) is 5.47. The van der Waals surface area contributed by atoms with Gasteiger partial charge in [0.15, 0.2) is 0 Å². The average molecular weight is 331 g/mol. The number of carbonyl (C=O) groups excluding carboxylic acids is 1. The van der Waals surface area contributed by atoms with Crippen LogP contribution in [0.2, 0.25) is 0 Å². The van der Waals surface area contributed by atoms with E-state index in [9.17, 15) is 9.90 Å². The molecule has 2 N–H and O–H groups in total. The van der Waals surface area contributed by atoms with Gasteiger partial charge in [0.05, 0.1) is 16.6 Å². The average Bonchev–Trinajstić information content (AvgIpc) is 2.58. The molecule has 3 aromatic carbocycles. The van der Waals surface area contributed by atoms with Crippen molar-refractivity contribution in [3.63, 3.8) is 0 Å². The molecule has 1 amide bonds. The van der Waals surface area contributed by atoms with Crippen molar-refractivity contribution in [3.8, 4) is 5.75 Å². The van der Waals surface area contributed by atoms with E-state index in [2.05, 4.69) is 5.32 Å². The van der Waals surface area contributed by atoms with Gasteiger partial charge >= 0.3 is 0 Å². The molecule has 4 aromatic rings. The first-order chi connectivity index (χ1) is 12.0. The van der Waals surface area contributed by atoms with Gasteiger partial charge in [-0.15, -0.1) is 0 Å². The van der Waals surface area contributed by atoms with E-state index in [-0.39, 0.29) is 11.7 Å². The molecule has 0 aliphatic rings. The van der Waals surface area contributed by atoms with E-state index in [0.29, 0.717) is 22.1 Å². The topological polar surface area (TPSA) is 75.1 Å². The Kier molecular flexibility index (Phi) is 3.32. The van der Waals surface area contributed by atoms with Gasteiger partial charge in [0.25, 0.3) is 0 Å². The van der Waals surface area contributed by atoms with E-state index in [1.54, 1.807) is 0 Å². The highest BCUT2D eigenvalue weighted by Gasteiger charge is 2.18. The summed E-state index contributed by atoms with van der Waals surface area (Å²) < 4.78 is 0. The first-order valence-electron chi connectivity index (χ1n) is 8.05. The highest BCUT2D eigenvalue weighted by molar-refractivity contribution is 6.17. The molecule has 0 aliphatic carbocycles. The molecule has 25 heavy (non-hydrogen) atoms. The minimum Gasteiger partial charge on any atom is -0.505 e. The van der Waals surface area contributed by atoms with E-state index in [4.69, 9.17) is 9.97 Å². The first-order valence-corrected chi connectivity index (χ1v) is 8.05. The van der Waals surface area contributed by atoms with E-state index >= 15 is 0 Å². The van der Waals surface area contributed by atoms with Crippen LogP contribution in [0.1, 0.15) is 18.1 Å². The number of aromatic hydroxyl groups is 1. The Balaban J connectivity index is 2.23. The highest BCUT2D eigenvalue weighted by Crippen LogP contribution is 2.40. The van der Waals surface area contributed by atoms with Crippen LogP contribution < -0.4 is 5.32 Å². The van der Waals surface area contributed by atoms with Gasteiger partial charge in [-0.1, -0.05) is 24.3 Å². The van der Waals surface area contributed by atoms with Crippen LogP contribution >= 0.6 is 0 Å². The number of phenolic OH excluding ortho intramolecular Hbond substituents is 1. The minimum absolute atomic E-state index is 0.00998. The quantitative estimate of drug-likeness (QED) is 0.311. The van der Waals surface area contributed by atoms with Crippen molar-refractivity contribution in [2.45, 2.75) is 20.8 Å². The number of anilines is 1. The molecule has 0 saturated carbocycles. The molecule has 5 nitrogen and oxygen atoms in total. The number of aryl methyl sites for hydroxylation is 2. The smallest absolute Gasteiger partial charge is 0.221 e. The number of amides is 1. The summed E-state index contributed by atoms with van der Waals surface area (Å²) in [7, 11) is 0. The fraction of sp³-hybridized carbons (Fsp3) is 0.150. The van der Waals surface area contributed by atoms with Crippen LogP contribution in [0.15, 0.2) is 36.4 Å². The Morgan fingerprint density at radius 1 is 0.960 bits per heavy atom. The molecule has 0 fully saturated rings. The molecule has 0 saturated heterocycles. The molecular formula is C20H17N3O2. The lowest BCUT2D eigenvalue weighted by Gasteiger charge is -2.13. The van der Waals surface area contributed by atoms with Crippen molar-refractivity contribution in [2.24, 2.45) is 0 Å². The molecule has 4 rings (SSSR count). The molecular weight excluding hydrogens is 314 g/mol. The van der Waals surface area contributed by atoms with Crippen LogP contribution in [0.25, 0.3) is 32.8 Å². The SMILES string of the molecule is CC(=O)Nc1c(O)c2ccccc2c2nc3cc(C)c(C)cc3nc12. The molecule has 0 atom stereocenters. The van der Waals surface area contributed by atoms with Crippen molar-refractivity contribution in [2.75, 3.05) is 5.32 Å². The summed E-state index contributed by atoms with van der Waals surface area (Å²) in [4.78, 5) is 21.1. The summed E-state index contributed by atoms with van der Waals surface area (Å²) in [5.41, 5.74) is 5.24. The molecule has 0 spiro atoms. The van der Waals surface area contributed by atoms with Crippen LogP contribution in [0.3, 0.4) is 0 Å². The number of fused-ring (bicyclic) bond motifs is 4. The maximum Gasteiger partial charge on any atom is 0.221 e. The van der Waals surface area contributed by atoms with Gasteiger partial charge < -0.3 is 10.4 Å². The fourth-order valence-corrected chi connectivity index (χ4v) is 3.11. The minimum atomic E-state index is -0.270. The van der Waals surface area contributed by atoms with Gasteiger partial charge in [0, 0.05) is 17.7 Å². The van der Waals surface area contributed by atoms with Gasteiger partial charge in [0.1, 0.15) is 17.0 Å². The van der Waals surface area contributed by atoms with Gasteiger partial charge in [-0.2, -0.15) is 0 Å². The Bertz CT molecular complexity index is 1180. The predicted molar refractivity (Wildman–Crippen MR) is 100.0 cm³/mol. The van der Waals surface area contributed by atoms with E-state index in [1.165, 1.54) is 6.92 Å². The number of phenols is 1. The van der Waals surface area contributed by atoms with Gasteiger partial charge in [-0.3, -0.25) is 4.79 Å². The lowest BCUT2D eigenvalue weighted by molar-refractivity contribution is -0.114. The van der Waals surface area contributed by atoms with Gasteiger partial charge in [-0.05, 0) is 37.1 Å². The monoisotopic (exact) mass is 331 g/mol. The lowest BCUT2D eigenvalue weighted by atomic mass is 10.0. The summed E-state index contributed by atoms with van der Waals surface area (Å²) in [6, 6.07) is 11.4. The molecule has 124 valence electrons. The van der Waals surface area contributed by atoms with Crippen molar-refractivity contribution in [3.05, 3.63) is 47.5 Å². The maximum absolute atomic E-state index is 11.6. The maximum atomic E-state index is 11.6. The number of hydrogen-bond donors (Lipinski definition) is 2. The molecule has 1 heterocycles. The largest absolute Gasteiger partial charge is 0.505 e. The Labute approximate surface area is 144 Å². The summed E-state index contributed by atoms with van der Waals surface area (Å²) in [5.74, 6) is -0.260. The number of aromatic nitrogens is 2. The first kappa shape index (κ1) is 15.3. The third kappa shape index (κ3) is 2.36. The molecule has 0 unspecified atom stereocenters. The standard InChI is InChI=1S/C20H17N3O2/c1-10-8-15-16(9-11(10)2)23-18-17(22-15)13-6-4-5-7-14(13)20(25)19(18)21-12(3)24/h4-9,25H,1-3H3,(H,21,24). The summed E-state index contributed by atoms with van der Waals surface area (Å²) in [5, 5.41) is 14.8. The Hall–Kier alpha value is -3.21. The molecule has 0 radical (unpaired) electrons. The number of nitrogens with one attached hydrogen (secondary N) is 1. The Morgan fingerprint density at radius 2 is 1.52 bits per heavy atom. The molecule has 0 aliphatic heterocycles. The predicted octanol–water partition coefficient (Wildman–Crippen LogP) is 4.22. The second-order valence-corrected chi connectivity index (χ2v) is 6.30. The van der Waals surface area contributed by atoms with Gasteiger partial charge in [0.2, 0.25) is 5.91 Å². The van der Waals surface area contributed by atoms with Crippen LogP contribution in [0, 0.1) is 13.8 Å². The van der Waals surface area contributed by atoms with Gasteiger partial charge in [-0.25, -0.2) is 9.97 Å². The highest BCUT2D eigenvalue weighted by atomic mass is 16.3. The van der Waals surface area contributed by atoms with Crippen molar-refractivity contribution in [1.82, 2.24) is 9.97 Å². The zero-order chi connectivity index (χ0) is 17.7. The van der Waals surface area contributed by atoms with Crippen LogP contribution in [-0.4, -0.2) is 21.0 Å². The van der Waals surface area contributed by atoms with E-state index in [0.717, 1.165) is 27.5 Å². The third-order valence-electron chi connectivity index (χ3n) is 4.49. The lowest BCUT2D eigenvalue weighted by Crippen LogP contribution is -2.08. The van der Waals surface area contributed by atoms with Crippen LogP contribution in [0.5, 0.6) is 5.75 Å². The Morgan fingerprint density at radius 3 is 2.12 bits per heavy atom. The van der Waals surface area contributed by atoms with Crippen molar-refractivity contribution >= 4 is 44.4 Å². The summed E-state index contributed by atoms with van der Waals surface area (Å²) in [6.07, 6.45) is 0. The molecule has 0 bridgehead atoms. The normalized spacial score (nSPS) is 11.3. The summed E-state index contributed by atoms with van der Waals surface area (Å²) >= 11 is 0. The van der Waals surface area contributed by atoms with E-state index in [1.807, 2.05) is 50.2 Å². The van der Waals surface area contributed by atoms with Crippen molar-refractivity contribution < 1.29 is 9.90 Å². The van der Waals surface area contributed by atoms with Crippen LogP contribution in [-0.2, 0) is 4.79 Å². The second kappa shape index (κ2) is 5.41. The van der Waals surface area contributed by atoms with E-state index < -0.39 is 0 Å².